The van der Waals surface area contributed by atoms with Crippen LogP contribution in [0.5, 0.6) is 0 Å². The fourth-order valence-electron chi connectivity index (χ4n) is 5.81. The standard InChI is InChI=1S/C26H29N2/c1-19-11-7-10-16-24(19)28-20(2)25-26(23-14-8-9-15-23,17-18-27(25)21(28)3)22-12-5-4-6-13-22/h4-7,10-13,16-18,23H,8-9,14-15H2,1-3H3/q+1. The van der Waals surface area contributed by atoms with Gasteiger partial charge in [-0.25, -0.2) is 4.57 Å². The first kappa shape index (κ1) is 17.5. The quantitative estimate of drug-likeness (QED) is 0.528. The number of aromatic nitrogens is 2. The minimum Gasteiger partial charge on any atom is -0.202 e. The van der Waals surface area contributed by atoms with Crippen molar-refractivity contribution in [3.63, 3.8) is 0 Å². The van der Waals surface area contributed by atoms with Gasteiger partial charge in [0, 0.05) is 13.8 Å². The maximum absolute atomic E-state index is 2.50. The van der Waals surface area contributed by atoms with Crippen molar-refractivity contribution in [2.45, 2.75) is 51.9 Å². The number of para-hydroxylation sites is 1. The van der Waals surface area contributed by atoms with E-state index in [4.69, 9.17) is 0 Å². The first-order valence-electron chi connectivity index (χ1n) is 10.6. The summed E-state index contributed by atoms with van der Waals surface area (Å²) in [5.74, 6) is 1.96. The van der Waals surface area contributed by atoms with Crippen molar-refractivity contribution in [3.05, 3.63) is 89.0 Å². The predicted octanol–water partition coefficient (Wildman–Crippen LogP) is 5.65. The molecule has 142 valence electrons. The summed E-state index contributed by atoms with van der Waals surface area (Å²) in [6.45, 7) is 6.77. The van der Waals surface area contributed by atoms with Gasteiger partial charge in [0.1, 0.15) is 5.69 Å². The Morgan fingerprint density at radius 3 is 2.29 bits per heavy atom. The highest BCUT2D eigenvalue weighted by Crippen LogP contribution is 2.50. The first-order chi connectivity index (χ1) is 13.6. The molecule has 2 heteroatoms. The Morgan fingerprint density at radius 2 is 1.57 bits per heavy atom. The Labute approximate surface area is 168 Å². The lowest BCUT2D eigenvalue weighted by molar-refractivity contribution is -0.581. The molecule has 3 aromatic rings. The van der Waals surface area contributed by atoms with Crippen LogP contribution in [-0.2, 0) is 5.41 Å². The molecule has 1 aromatic heterocycles. The second-order valence-electron chi connectivity index (χ2n) is 8.51. The Hall–Kier alpha value is -2.61. The van der Waals surface area contributed by atoms with Gasteiger partial charge >= 0.3 is 0 Å². The van der Waals surface area contributed by atoms with Gasteiger partial charge in [0.05, 0.1) is 11.6 Å². The van der Waals surface area contributed by atoms with Gasteiger partial charge in [-0.1, -0.05) is 61.4 Å². The van der Waals surface area contributed by atoms with E-state index in [2.05, 4.69) is 96.8 Å². The zero-order valence-electron chi connectivity index (χ0n) is 17.2. The van der Waals surface area contributed by atoms with Crippen LogP contribution in [0.25, 0.3) is 11.9 Å². The van der Waals surface area contributed by atoms with Crippen LogP contribution >= 0.6 is 0 Å². The van der Waals surface area contributed by atoms with E-state index in [-0.39, 0.29) is 5.41 Å². The molecule has 0 N–H and O–H groups in total. The van der Waals surface area contributed by atoms with Crippen LogP contribution in [0.4, 0.5) is 0 Å². The summed E-state index contributed by atoms with van der Waals surface area (Å²) >= 11 is 0. The van der Waals surface area contributed by atoms with Gasteiger partial charge in [0.15, 0.2) is 11.4 Å². The zero-order chi connectivity index (χ0) is 19.3. The SMILES string of the molecule is Cc1ccccc1-n1c(C)c2[n+](c1C)C=CC2(c1ccccc1)C1CCCC1. The highest BCUT2D eigenvalue weighted by molar-refractivity contribution is 5.52. The topological polar surface area (TPSA) is 8.81 Å². The number of imidazole rings is 1. The van der Waals surface area contributed by atoms with Gasteiger partial charge in [0.2, 0.25) is 0 Å². The minimum absolute atomic E-state index is 0.0134. The molecule has 1 aliphatic heterocycles. The molecular formula is C26H29N2+. The van der Waals surface area contributed by atoms with Crippen LogP contribution in [-0.4, -0.2) is 4.57 Å². The van der Waals surface area contributed by atoms with Crippen molar-refractivity contribution >= 4 is 6.20 Å². The number of hydrogen-bond donors (Lipinski definition) is 0. The summed E-state index contributed by atoms with van der Waals surface area (Å²) in [7, 11) is 0. The number of benzene rings is 2. The van der Waals surface area contributed by atoms with Gasteiger partial charge in [-0.3, -0.25) is 0 Å². The average Bonchev–Trinajstić information content (AvgIpc) is 3.43. The monoisotopic (exact) mass is 369 g/mol. The summed E-state index contributed by atoms with van der Waals surface area (Å²) in [6.07, 6.45) is 10.2. The van der Waals surface area contributed by atoms with Gasteiger partial charge < -0.3 is 0 Å². The Kier molecular flexibility index (Phi) is 4.04. The molecule has 1 atom stereocenters. The highest BCUT2D eigenvalue weighted by Gasteiger charge is 2.51. The van der Waals surface area contributed by atoms with Crippen LogP contribution in [0.15, 0.2) is 60.7 Å². The number of hydrogen-bond acceptors (Lipinski definition) is 0. The van der Waals surface area contributed by atoms with E-state index in [0.29, 0.717) is 5.92 Å². The van der Waals surface area contributed by atoms with Gasteiger partial charge in [-0.2, -0.15) is 4.57 Å². The molecule has 2 aliphatic rings. The van der Waals surface area contributed by atoms with Crippen LogP contribution in [0.2, 0.25) is 0 Å². The van der Waals surface area contributed by atoms with Crippen molar-refractivity contribution in [3.8, 4) is 5.69 Å². The van der Waals surface area contributed by atoms with Crippen LogP contribution in [0.1, 0.15) is 54.0 Å². The Balaban J connectivity index is 1.79. The minimum atomic E-state index is -0.0134. The third kappa shape index (κ3) is 2.30. The van der Waals surface area contributed by atoms with Gasteiger partial charge in [0.25, 0.3) is 5.82 Å². The molecule has 1 aliphatic carbocycles. The van der Waals surface area contributed by atoms with Crippen molar-refractivity contribution in [1.82, 2.24) is 4.57 Å². The van der Waals surface area contributed by atoms with Crippen LogP contribution < -0.4 is 4.57 Å². The zero-order valence-corrected chi connectivity index (χ0v) is 17.2. The van der Waals surface area contributed by atoms with Crippen molar-refractivity contribution < 1.29 is 4.57 Å². The van der Waals surface area contributed by atoms with E-state index in [9.17, 15) is 0 Å². The molecule has 1 unspecified atom stereocenters. The third-order valence-electron chi connectivity index (χ3n) is 7.08. The number of allylic oxidation sites excluding steroid dienone is 1. The number of fused-ring (bicyclic) bond motifs is 1. The van der Waals surface area contributed by atoms with Crippen LogP contribution in [0.3, 0.4) is 0 Å². The molecule has 28 heavy (non-hydrogen) atoms. The van der Waals surface area contributed by atoms with Crippen molar-refractivity contribution in [1.29, 1.82) is 0 Å². The van der Waals surface area contributed by atoms with E-state index < -0.39 is 0 Å². The number of nitrogens with zero attached hydrogens (tertiary/aromatic N) is 2. The van der Waals surface area contributed by atoms with E-state index in [1.165, 1.54) is 59.7 Å². The van der Waals surface area contributed by atoms with E-state index in [0.717, 1.165) is 0 Å². The molecule has 0 saturated heterocycles. The second-order valence-corrected chi connectivity index (χ2v) is 8.51. The molecule has 5 rings (SSSR count). The normalized spacial score (nSPS) is 21.4. The maximum Gasteiger partial charge on any atom is 0.263 e. The van der Waals surface area contributed by atoms with Crippen molar-refractivity contribution in [2.75, 3.05) is 0 Å². The second kappa shape index (κ2) is 6.48. The Bertz CT molecular complexity index is 1050. The average molecular weight is 370 g/mol. The lowest BCUT2D eigenvalue weighted by Gasteiger charge is -2.32. The summed E-state index contributed by atoms with van der Waals surface area (Å²) in [6, 6.07) is 19.9. The maximum atomic E-state index is 2.50. The first-order valence-corrected chi connectivity index (χ1v) is 10.6. The molecule has 0 bridgehead atoms. The summed E-state index contributed by atoms with van der Waals surface area (Å²) in [4.78, 5) is 0. The molecule has 1 saturated carbocycles. The Morgan fingerprint density at radius 1 is 0.893 bits per heavy atom. The number of rotatable bonds is 3. The molecule has 2 heterocycles. The van der Waals surface area contributed by atoms with E-state index in [1.54, 1.807) is 0 Å². The molecule has 2 aromatic carbocycles. The smallest absolute Gasteiger partial charge is 0.202 e. The summed E-state index contributed by atoms with van der Waals surface area (Å²) in [5, 5.41) is 0. The summed E-state index contributed by atoms with van der Waals surface area (Å²) < 4.78 is 4.91. The molecular weight excluding hydrogens is 340 g/mol. The largest absolute Gasteiger partial charge is 0.263 e. The van der Waals surface area contributed by atoms with E-state index >= 15 is 0 Å². The summed E-state index contributed by atoms with van der Waals surface area (Å²) in [5.41, 5.74) is 6.87. The molecule has 0 amide bonds. The molecule has 2 nitrogen and oxygen atoms in total. The third-order valence-corrected chi connectivity index (χ3v) is 7.08. The van der Waals surface area contributed by atoms with Gasteiger partial charge in [-0.05, 0) is 49.0 Å². The molecule has 1 fully saturated rings. The van der Waals surface area contributed by atoms with E-state index in [1.807, 2.05) is 0 Å². The van der Waals surface area contributed by atoms with Crippen LogP contribution in [0, 0.1) is 26.7 Å². The highest BCUT2D eigenvalue weighted by atomic mass is 15.2. The number of aryl methyl sites for hydroxylation is 1. The fourth-order valence-corrected chi connectivity index (χ4v) is 5.81. The lowest BCUT2D eigenvalue weighted by atomic mass is 9.67. The fraction of sp³-hybridized carbons (Fsp3) is 0.346. The van der Waals surface area contributed by atoms with Crippen molar-refractivity contribution in [2.24, 2.45) is 5.92 Å². The lowest BCUT2D eigenvalue weighted by Crippen LogP contribution is -2.40. The predicted molar refractivity (Wildman–Crippen MR) is 115 cm³/mol. The van der Waals surface area contributed by atoms with Gasteiger partial charge in [-0.15, -0.1) is 0 Å². The molecule has 0 radical (unpaired) electrons. The molecule has 0 spiro atoms.